The lowest BCUT2D eigenvalue weighted by atomic mass is 9.54. The van der Waals surface area contributed by atoms with Gasteiger partial charge in [0.1, 0.15) is 0 Å². The van der Waals surface area contributed by atoms with E-state index in [0.717, 1.165) is 58.2 Å². The standard InChI is InChI=1S/C42H46N4O3/c1-2-23-22-44-34(20-42-31-8-4-5-9-32(31)45-37(48)12-11-25(38(42)45)26(23)19-36(42)44)29-17-28-27-18-35-41(14-15-43(35)21-24(27)13-16-47)30-7-3-6-10-33(30)46(39(28)41)40(29)49/h2-6,8,10-13,17,25-27,29-30,32,34-36,38-39,47H,7,9,14-16,18-22H2,1H3/b23-2-,24-13-/t25-,26-,27-,29?,30?,32?,34+,35-,36-,38-,39-,41+,42+/m0/s1. The Bertz CT molecular complexity index is 1880. The van der Waals surface area contributed by atoms with E-state index >= 15 is 4.79 Å². The van der Waals surface area contributed by atoms with Crippen LogP contribution in [0.25, 0.3) is 0 Å². The molecule has 252 valence electrons. The molecule has 6 saturated heterocycles. The van der Waals surface area contributed by atoms with Crippen LogP contribution in [0.4, 0.5) is 0 Å². The quantitative estimate of drug-likeness (QED) is 0.451. The Hall–Kier alpha value is -3.26. The van der Waals surface area contributed by atoms with Crippen molar-refractivity contribution in [3.63, 3.8) is 0 Å². The van der Waals surface area contributed by atoms with E-state index < -0.39 is 0 Å². The number of amides is 2. The van der Waals surface area contributed by atoms with Crippen LogP contribution in [0.15, 0.2) is 94.8 Å². The monoisotopic (exact) mass is 654 g/mol. The highest BCUT2D eigenvalue weighted by molar-refractivity contribution is 5.91. The minimum Gasteiger partial charge on any atom is -0.392 e. The summed E-state index contributed by atoms with van der Waals surface area (Å²) in [6, 6.07) is 1.28. The lowest BCUT2D eigenvalue weighted by Gasteiger charge is -2.57. The number of hydrogen-bond acceptors (Lipinski definition) is 5. The van der Waals surface area contributed by atoms with Gasteiger partial charge in [0.05, 0.1) is 30.7 Å². The van der Waals surface area contributed by atoms with Crippen LogP contribution in [0.1, 0.15) is 45.4 Å². The third-order valence-corrected chi connectivity index (χ3v) is 16.4. The van der Waals surface area contributed by atoms with Gasteiger partial charge in [0.25, 0.3) is 0 Å². The normalized spacial score (nSPS) is 50.8. The summed E-state index contributed by atoms with van der Waals surface area (Å²) in [5.74, 6) is 1.70. The fourth-order valence-corrected chi connectivity index (χ4v) is 15.1. The molecule has 2 saturated carbocycles. The zero-order chi connectivity index (χ0) is 32.6. The maximum atomic E-state index is 15.5. The third kappa shape index (κ3) is 3.05. The minimum atomic E-state index is -0.227. The maximum Gasteiger partial charge on any atom is 0.247 e. The molecule has 1 N–H and O–H groups in total. The number of nitrogens with zero attached hydrogens (tertiary/aromatic N) is 4. The molecule has 0 aromatic carbocycles. The fourth-order valence-electron chi connectivity index (χ4n) is 15.1. The molecule has 8 heterocycles. The van der Waals surface area contributed by atoms with E-state index in [0.29, 0.717) is 35.7 Å². The molecule has 8 aliphatic heterocycles. The summed E-state index contributed by atoms with van der Waals surface area (Å²) in [5, 5.41) is 10.2. The van der Waals surface area contributed by atoms with E-state index in [2.05, 4.69) is 87.3 Å². The molecule has 13 atom stereocenters. The van der Waals surface area contributed by atoms with Gasteiger partial charge in [-0.25, -0.2) is 0 Å². The topological polar surface area (TPSA) is 67.3 Å². The minimum absolute atomic E-state index is 0.0715. The van der Waals surface area contributed by atoms with Crippen LogP contribution in [0.2, 0.25) is 0 Å². The van der Waals surface area contributed by atoms with Crippen LogP contribution in [-0.4, -0.2) is 99.0 Å². The molecule has 0 aromatic heterocycles. The van der Waals surface area contributed by atoms with Gasteiger partial charge in [-0.15, -0.1) is 0 Å². The first-order valence-electron chi connectivity index (χ1n) is 19.2. The van der Waals surface area contributed by atoms with Crippen molar-refractivity contribution in [1.29, 1.82) is 0 Å². The van der Waals surface area contributed by atoms with Crippen LogP contribution in [-0.2, 0) is 9.59 Å². The van der Waals surface area contributed by atoms with Gasteiger partial charge in [-0.3, -0.25) is 19.4 Å². The molecule has 2 spiro atoms. The molecule has 0 aromatic rings. The van der Waals surface area contributed by atoms with Crippen LogP contribution in [0, 0.1) is 40.4 Å². The summed E-state index contributed by atoms with van der Waals surface area (Å²) in [6.45, 7) is 5.21. The Morgan fingerprint density at radius 1 is 1.04 bits per heavy atom. The first-order chi connectivity index (χ1) is 24.0. The average Bonchev–Trinajstić information content (AvgIpc) is 3.86. The van der Waals surface area contributed by atoms with E-state index in [-0.39, 0.29) is 59.3 Å². The third-order valence-electron chi connectivity index (χ3n) is 16.4. The number of hydrogen-bond donors (Lipinski definition) is 1. The number of aliphatic hydroxyl groups excluding tert-OH is 1. The highest BCUT2D eigenvalue weighted by Gasteiger charge is 2.75. The second-order valence-corrected chi connectivity index (χ2v) is 17.3. The number of fused-ring (bicyclic) bond motifs is 8. The van der Waals surface area contributed by atoms with E-state index in [1.165, 1.54) is 28.0 Å². The van der Waals surface area contributed by atoms with Crippen molar-refractivity contribution in [3.8, 4) is 0 Å². The summed E-state index contributed by atoms with van der Waals surface area (Å²) in [5.41, 5.74) is 7.00. The molecule has 7 heteroatoms. The van der Waals surface area contributed by atoms with Gasteiger partial charge in [0, 0.05) is 65.5 Å². The second-order valence-electron chi connectivity index (χ2n) is 17.3. The van der Waals surface area contributed by atoms with Gasteiger partial charge in [0.2, 0.25) is 11.8 Å². The molecule has 2 amide bonds. The lowest BCUT2D eigenvalue weighted by molar-refractivity contribution is -0.137. The molecular formula is C42H46N4O3. The molecule has 3 unspecified atom stereocenters. The number of carbonyl (C=O) groups excluding carboxylic acids is 2. The lowest BCUT2D eigenvalue weighted by Crippen LogP contribution is -2.64. The van der Waals surface area contributed by atoms with Gasteiger partial charge >= 0.3 is 0 Å². The van der Waals surface area contributed by atoms with Crippen molar-refractivity contribution in [2.75, 3.05) is 26.2 Å². The van der Waals surface area contributed by atoms with Gasteiger partial charge in [-0.05, 0) is 81.2 Å². The predicted molar refractivity (Wildman–Crippen MR) is 185 cm³/mol. The summed E-state index contributed by atoms with van der Waals surface area (Å²) >= 11 is 0. The van der Waals surface area contributed by atoms with E-state index in [9.17, 15) is 9.90 Å². The molecule has 7 nitrogen and oxygen atoms in total. The molecular weight excluding hydrogens is 608 g/mol. The summed E-state index contributed by atoms with van der Waals surface area (Å²) in [7, 11) is 0. The smallest absolute Gasteiger partial charge is 0.247 e. The number of aliphatic hydroxyl groups is 1. The second kappa shape index (κ2) is 9.34. The fraction of sp³-hybridized carbons (Fsp3) is 0.571. The van der Waals surface area contributed by atoms with Crippen LogP contribution in [0.3, 0.4) is 0 Å². The van der Waals surface area contributed by atoms with Crippen molar-refractivity contribution in [2.45, 2.75) is 81.7 Å². The van der Waals surface area contributed by atoms with Gasteiger partial charge in [-0.2, -0.15) is 0 Å². The summed E-state index contributed by atoms with van der Waals surface area (Å²) in [6.07, 6.45) is 31.0. The van der Waals surface area contributed by atoms with Crippen molar-refractivity contribution in [2.24, 2.45) is 40.4 Å². The number of piperidine rings is 2. The summed E-state index contributed by atoms with van der Waals surface area (Å²) in [4.78, 5) is 39.5. The average molecular weight is 655 g/mol. The van der Waals surface area contributed by atoms with Crippen LogP contribution >= 0.6 is 0 Å². The zero-order valence-electron chi connectivity index (χ0n) is 28.3. The van der Waals surface area contributed by atoms with Crippen molar-refractivity contribution in [3.05, 3.63) is 94.8 Å². The molecule has 0 radical (unpaired) electrons. The maximum absolute atomic E-state index is 15.5. The highest BCUT2D eigenvalue weighted by atomic mass is 16.2. The Balaban J connectivity index is 1.05. The largest absolute Gasteiger partial charge is 0.392 e. The van der Waals surface area contributed by atoms with E-state index in [1.807, 2.05) is 6.08 Å². The Kier molecular flexibility index (Phi) is 5.42. The molecule has 12 aliphatic rings. The predicted octanol–water partition coefficient (Wildman–Crippen LogP) is 4.29. The van der Waals surface area contributed by atoms with Gasteiger partial charge in [-0.1, -0.05) is 65.8 Å². The Morgan fingerprint density at radius 3 is 2.80 bits per heavy atom. The first kappa shape index (κ1) is 28.4. The Labute approximate surface area is 288 Å². The van der Waals surface area contributed by atoms with E-state index in [4.69, 9.17) is 0 Å². The van der Waals surface area contributed by atoms with Crippen molar-refractivity contribution in [1.82, 2.24) is 19.6 Å². The molecule has 12 rings (SSSR count). The Morgan fingerprint density at radius 2 is 1.92 bits per heavy atom. The molecule has 4 aliphatic carbocycles. The SMILES string of the molecule is C/C=C1/CN2[C@@H](C3C=C4[C@H]5C[C@@H]6N(CC[C@@]67C6CC=CC=C6N(C3=O)[C@@H]47)C/C5=C/CO)C[C@]34C5=CC=CCC5N5C(=O)C=C[C@H]([C@H]53)[C@H]1C[C@H]24. The van der Waals surface area contributed by atoms with Gasteiger partial charge in [0.15, 0.2) is 0 Å². The number of rotatable bonds is 2. The van der Waals surface area contributed by atoms with Gasteiger partial charge < -0.3 is 14.9 Å². The van der Waals surface area contributed by atoms with Crippen LogP contribution < -0.4 is 0 Å². The van der Waals surface area contributed by atoms with Crippen molar-refractivity contribution < 1.29 is 14.7 Å². The molecule has 4 bridgehead atoms. The highest BCUT2D eigenvalue weighted by Crippen LogP contribution is 2.71. The first-order valence-corrected chi connectivity index (χ1v) is 19.2. The van der Waals surface area contributed by atoms with E-state index in [1.54, 1.807) is 0 Å². The number of carbonyl (C=O) groups is 2. The zero-order valence-corrected chi connectivity index (χ0v) is 28.3. The van der Waals surface area contributed by atoms with Crippen LogP contribution in [0.5, 0.6) is 0 Å². The molecule has 8 fully saturated rings. The molecule has 49 heavy (non-hydrogen) atoms. The summed E-state index contributed by atoms with van der Waals surface area (Å²) < 4.78 is 0. The van der Waals surface area contributed by atoms with Crippen molar-refractivity contribution >= 4 is 11.8 Å². The number of allylic oxidation sites excluding steroid dienone is 7.